The summed E-state index contributed by atoms with van der Waals surface area (Å²) in [5.74, 6) is 2.65. The van der Waals surface area contributed by atoms with Crippen molar-refractivity contribution in [2.75, 3.05) is 11.5 Å². The molecule has 0 nitrogen and oxygen atoms in total. The molecular weight excluding hydrogens is 180 g/mol. The monoisotopic (exact) mass is 188 g/mol. The molecule has 1 fully saturated rings. The van der Waals surface area contributed by atoms with Gasteiger partial charge in [0, 0.05) is 16.4 Å². The van der Waals surface area contributed by atoms with Gasteiger partial charge in [0.2, 0.25) is 0 Å². The highest BCUT2D eigenvalue weighted by atomic mass is 32.2. The van der Waals surface area contributed by atoms with E-state index in [0.29, 0.717) is 0 Å². The Bertz CT molecular complexity index is 187. The van der Waals surface area contributed by atoms with Crippen LogP contribution in [0.5, 0.6) is 0 Å². The van der Waals surface area contributed by atoms with Crippen LogP contribution in [-0.2, 0) is 0 Å². The summed E-state index contributed by atoms with van der Waals surface area (Å²) < 4.78 is 0.750. The van der Waals surface area contributed by atoms with Gasteiger partial charge in [-0.05, 0) is 11.4 Å². The highest BCUT2D eigenvalue weighted by Crippen LogP contribution is 2.46. The zero-order valence-electron chi connectivity index (χ0n) is 5.45. The Morgan fingerprint density at radius 1 is 1.30 bits per heavy atom. The van der Waals surface area contributed by atoms with Gasteiger partial charge in [-0.3, -0.25) is 0 Å². The van der Waals surface area contributed by atoms with Gasteiger partial charge in [0.15, 0.2) is 0 Å². The Kier molecular flexibility index (Phi) is 2.26. The summed E-state index contributed by atoms with van der Waals surface area (Å²) in [4.78, 5) is 1.53. The second-order valence-corrected chi connectivity index (χ2v) is 5.79. The van der Waals surface area contributed by atoms with E-state index in [9.17, 15) is 0 Å². The number of hydrogen-bond donors (Lipinski definition) is 0. The van der Waals surface area contributed by atoms with E-state index in [1.807, 2.05) is 11.3 Å². The Morgan fingerprint density at radius 2 is 2.10 bits per heavy atom. The maximum atomic E-state index is 2.24. The zero-order chi connectivity index (χ0) is 6.81. The molecule has 0 bridgehead atoms. The second kappa shape index (κ2) is 3.20. The normalized spacial score (nSPS) is 20.0. The Labute approximate surface area is 73.4 Å². The minimum atomic E-state index is 0.750. The summed E-state index contributed by atoms with van der Waals surface area (Å²) in [6, 6.07) is 4.38. The molecule has 10 heavy (non-hydrogen) atoms. The van der Waals surface area contributed by atoms with Gasteiger partial charge in [-0.15, -0.1) is 34.9 Å². The molecule has 0 spiro atoms. The predicted molar refractivity (Wildman–Crippen MR) is 52.0 cm³/mol. The smallest absolute Gasteiger partial charge is 0.0843 e. The lowest BCUT2D eigenvalue weighted by atomic mass is 10.5. The standard InChI is InChI=1S/C7H8S3/c1-2-6(8-3-1)7-9-4-5-10-7/h1-3,7H,4-5H2. The van der Waals surface area contributed by atoms with E-state index in [-0.39, 0.29) is 0 Å². The molecule has 2 rings (SSSR count). The van der Waals surface area contributed by atoms with Gasteiger partial charge in [0.05, 0.1) is 4.58 Å². The first kappa shape index (κ1) is 7.07. The van der Waals surface area contributed by atoms with E-state index in [2.05, 4.69) is 41.0 Å². The molecule has 0 radical (unpaired) electrons. The molecule has 0 N–H and O–H groups in total. The minimum absolute atomic E-state index is 0.750. The fraction of sp³-hybridized carbons (Fsp3) is 0.429. The van der Waals surface area contributed by atoms with Gasteiger partial charge in [-0.25, -0.2) is 0 Å². The summed E-state index contributed by atoms with van der Waals surface area (Å²) >= 11 is 6.03. The van der Waals surface area contributed by atoms with Crippen LogP contribution in [0.15, 0.2) is 17.5 Å². The van der Waals surface area contributed by atoms with E-state index in [0.717, 1.165) is 4.58 Å². The van der Waals surface area contributed by atoms with Gasteiger partial charge < -0.3 is 0 Å². The molecule has 0 amide bonds. The van der Waals surface area contributed by atoms with Crippen LogP contribution in [0.25, 0.3) is 0 Å². The maximum absolute atomic E-state index is 2.24. The predicted octanol–water partition coefficient (Wildman–Crippen LogP) is 3.23. The molecule has 54 valence electrons. The van der Waals surface area contributed by atoms with Crippen LogP contribution in [0, 0.1) is 0 Å². The second-order valence-electron chi connectivity index (χ2n) is 2.09. The molecule has 1 aliphatic heterocycles. The van der Waals surface area contributed by atoms with Crippen molar-refractivity contribution in [1.82, 2.24) is 0 Å². The van der Waals surface area contributed by atoms with E-state index in [4.69, 9.17) is 0 Å². The fourth-order valence-electron chi connectivity index (χ4n) is 0.948. The minimum Gasteiger partial charge on any atom is -0.147 e. The molecule has 0 unspecified atom stereocenters. The summed E-state index contributed by atoms with van der Waals surface area (Å²) in [5.41, 5.74) is 0. The van der Waals surface area contributed by atoms with Crippen LogP contribution in [-0.4, -0.2) is 11.5 Å². The topological polar surface area (TPSA) is 0 Å². The zero-order valence-corrected chi connectivity index (χ0v) is 7.90. The summed E-state index contributed by atoms with van der Waals surface area (Å²) in [5, 5.41) is 2.16. The van der Waals surface area contributed by atoms with Gasteiger partial charge in [-0.2, -0.15) is 0 Å². The molecule has 0 saturated carbocycles. The first-order valence-electron chi connectivity index (χ1n) is 3.23. The number of thioether (sulfide) groups is 2. The van der Waals surface area contributed by atoms with E-state index >= 15 is 0 Å². The van der Waals surface area contributed by atoms with Gasteiger partial charge in [0.25, 0.3) is 0 Å². The molecule has 1 aliphatic rings. The lowest BCUT2D eigenvalue weighted by Gasteiger charge is -2.01. The van der Waals surface area contributed by atoms with E-state index < -0.39 is 0 Å². The molecule has 0 atom stereocenters. The SMILES string of the molecule is c1csc(C2SCCS2)c1. The average molecular weight is 188 g/mol. The number of rotatable bonds is 1. The van der Waals surface area contributed by atoms with Gasteiger partial charge in [0.1, 0.15) is 0 Å². The van der Waals surface area contributed by atoms with Crippen LogP contribution < -0.4 is 0 Å². The van der Waals surface area contributed by atoms with Crippen molar-refractivity contribution in [3.05, 3.63) is 22.4 Å². The quantitative estimate of drug-likeness (QED) is 0.663. The first-order valence-corrected chi connectivity index (χ1v) is 6.21. The van der Waals surface area contributed by atoms with Crippen LogP contribution in [0.3, 0.4) is 0 Å². The highest BCUT2D eigenvalue weighted by molar-refractivity contribution is 8.19. The molecule has 2 heterocycles. The van der Waals surface area contributed by atoms with Crippen molar-refractivity contribution >= 4 is 34.9 Å². The van der Waals surface area contributed by atoms with E-state index in [1.54, 1.807) is 0 Å². The molecule has 1 saturated heterocycles. The van der Waals surface area contributed by atoms with E-state index in [1.165, 1.54) is 16.4 Å². The van der Waals surface area contributed by atoms with Gasteiger partial charge in [-0.1, -0.05) is 6.07 Å². The number of hydrogen-bond acceptors (Lipinski definition) is 3. The van der Waals surface area contributed by atoms with Crippen molar-refractivity contribution in [3.63, 3.8) is 0 Å². The van der Waals surface area contributed by atoms with Gasteiger partial charge >= 0.3 is 0 Å². The molecular formula is C7H8S3. The lowest BCUT2D eigenvalue weighted by molar-refractivity contribution is 1.52. The largest absolute Gasteiger partial charge is 0.147 e. The van der Waals surface area contributed by atoms with Crippen molar-refractivity contribution in [2.24, 2.45) is 0 Å². The molecule has 3 heteroatoms. The first-order chi connectivity index (χ1) is 4.97. The summed E-state index contributed by atoms with van der Waals surface area (Å²) in [6.45, 7) is 0. The van der Waals surface area contributed by atoms with Crippen LogP contribution in [0.4, 0.5) is 0 Å². The summed E-state index contributed by atoms with van der Waals surface area (Å²) in [6.07, 6.45) is 0. The van der Waals surface area contributed by atoms with Crippen molar-refractivity contribution < 1.29 is 0 Å². The van der Waals surface area contributed by atoms with Crippen LogP contribution in [0.1, 0.15) is 9.46 Å². The Balaban J connectivity index is 2.12. The van der Waals surface area contributed by atoms with Crippen molar-refractivity contribution in [1.29, 1.82) is 0 Å². The molecule has 1 aromatic heterocycles. The highest BCUT2D eigenvalue weighted by Gasteiger charge is 2.18. The third-order valence-corrected chi connectivity index (χ3v) is 5.70. The average Bonchev–Trinajstić information content (AvgIpc) is 2.59. The third-order valence-electron chi connectivity index (χ3n) is 1.40. The third kappa shape index (κ3) is 1.36. The Hall–Kier alpha value is 0.400. The molecule has 0 aromatic carbocycles. The Morgan fingerprint density at radius 3 is 2.70 bits per heavy atom. The van der Waals surface area contributed by atoms with Crippen LogP contribution in [0.2, 0.25) is 0 Å². The lowest BCUT2D eigenvalue weighted by Crippen LogP contribution is -1.74. The number of thiophene rings is 1. The maximum Gasteiger partial charge on any atom is 0.0843 e. The molecule has 1 aromatic rings. The molecule has 0 aliphatic carbocycles. The van der Waals surface area contributed by atoms with Crippen molar-refractivity contribution in [2.45, 2.75) is 4.58 Å². The van der Waals surface area contributed by atoms with Crippen LogP contribution >= 0.6 is 34.9 Å². The fourth-order valence-corrected chi connectivity index (χ4v) is 4.92. The summed E-state index contributed by atoms with van der Waals surface area (Å²) in [7, 11) is 0. The van der Waals surface area contributed by atoms with Crippen molar-refractivity contribution in [3.8, 4) is 0 Å².